The van der Waals surface area contributed by atoms with Gasteiger partial charge < -0.3 is 14.5 Å². The van der Waals surface area contributed by atoms with E-state index in [1.54, 1.807) is 19.3 Å². The van der Waals surface area contributed by atoms with Crippen LogP contribution in [0.5, 0.6) is 5.75 Å². The Hall–Kier alpha value is -2.26. The van der Waals surface area contributed by atoms with Gasteiger partial charge in [0.15, 0.2) is 0 Å². The molecule has 2 heterocycles. The molecule has 1 N–H and O–H groups in total. The van der Waals surface area contributed by atoms with Crippen LogP contribution in [0.15, 0.2) is 35.1 Å². The molecule has 168 valence electrons. The summed E-state index contributed by atoms with van der Waals surface area (Å²) in [6, 6.07) is 4.00. The highest BCUT2D eigenvalue weighted by atomic mass is 79.9. The Labute approximate surface area is 191 Å². The van der Waals surface area contributed by atoms with Gasteiger partial charge in [-0.25, -0.2) is 9.37 Å². The number of nitrogens with one attached hydrogen (secondary N) is 1. The first-order valence-corrected chi connectivity index (χ1v) is 10.3. The first-order valence-electron chi connectivity index (χ1n) is 9.11. The lowest BCUT2D eigenvalue weighted by Crippen LogP contribution is -2.17. The van der Waals surface area contributed by atoms with Gasteiger partial charge in [0, 0.05) is 33.7 Å². The van der Waals surface area contributed by atoms with E-state index in [2.05, 4.69) is 35.4 Å². The van der Waals surface area contributed by atoms with Crippen molar-refractivity contribution >= 4 is 45.0 Å². The zero-order valence-electron chi connectivity index (χ0n) is 17.2. The minimum atomic E-state index is -3.03. The molecular weight excluding hydrogens is 501 g/mol. The van der Waals surface area contributed by atoms with Crippen LogP contribution in [0.4, 0.5) is 13.2 Å². The van der Waals surface area contributed by atoms with Crippen molar-refractivity contribution in [3.8, 4) is 5.75 Å². The summed E-state index contributed by atoms with van der Waals surface area (Å²) < 4.78 is 49.0. The molecule has 5 nitrogen and oxygen atoms in total. The Morgan fingerprint density at radius 3 is 2.52 bits per heavy atom. The lowest BCUT2D eigenvalue weighted by atomic mass is 9.92. The minimum absolute atomic E-state index is 0.152. The Morgan fingerprint density at radius 1 is 1.29 bits per heavy atom. The SMILES string of the molecule is CC(C)(C)OC=O.CC(c1c(OC(F)F)ccc(F)c1Cl)c1c[nH]c2ncc(Br)cc12. The van der Waals surface area contributed by atoms with E-state index in [0.717, 1.165) is 27.6 Å². The topological polar surface area (TPSA) is 64.2 Å². The van der Waals surface area contributed by atoms with Gasteiger partial charge >= 0.3 is 6.61 Å². The first kappa shape index (κ1) is 25.0. The molecular formula is C21H21BrClF3N2O3. The van der Waals surface area contributed by atoms with Gasteiger partial charge in [0.25, 0.3) is 6.47 Å². The van der Waals surface area contributed by atoms with E-state index in [1.165, 1.54) is 0 Å². The molecule has 0 bridgehead atoms. The van der Waals surface area contributed by atoms with Gasteiger partial charge in [-0.3, -0.25) is 4.79 Å². The quantitative estimate of drug-likeness (QED) is 0.374. The summed E-state index contributed by atoms with van der Waals surface area (Å²) in [4.78, 5) is 16.8. The standard InChI is InChI=1S/C16H11BrClF3N2O.C5H10O2/c1-7(10-6-23-15-9(10)4-8(17)5-22-15)13-12(24-16(20)21)3-2-11(19)14(13)18;1-5(2,3)7-4-6/h2-7,16H,1H3,(H,22,23);4H,1-3H3. The minimum Gasteiger partial charge on any atom is -0.462 e. The molecule has 0 saturated carbocycles. The van der Waals surface area contributed by atoms with Crippen LogP contribution in [0.25, 0.3) is 11.0 Å². The second-order valence-electron chi connectivity index (χ2n) is 7.49. The molecule has 0 aliphatic rings. The number of hydrogen-bond donors (Lipinski definition) is 1. The number of rotatable bonds is 5. The maximum atomic E-state index is 13.9. The fourth-order valence-corrected chi connectivity index (χ4v) is 3.46. The molecule has 0 spiro atoms. The maximum Gasteiger partial charge on any atom is 0.387 e. The lowest BCUT2D eigenvalue weighted by Gasteiger charge is -2.18. The fourth-order valence-electron chi connectivity index (χ4n) is 2.81. The zero-order chi connectivity index (χ0) is 23.3. The van der Waals surface area contributed by atoms with Crippen LogP contribution in [0, 0.1) is 5.82 Å². The molecule has 0 fully saturated rings. The third-order valence-electron chi connectivity index (χ3n) is 4.14. The number of H-pyrrole nitrogens is 1. The van der Waals surface area contributed by atoms with Crippen molar-refractivity contribution in [3.05, 3.63) is 57.0 Å². The summed E-state index contributed by atoms with van der Waals surface area (Å²) in [7, 11) is 0. The summed E-state index contributed by atoms with van der Waals surface area (Å²) in [6.45, 7) is 4.63. The molecule has 1 atom stereocenters. The Balaban J connectivity index is 0.000000423. The summed E-state index contributed by atoms with van der Waals surface area (Å²) >= 11 is 9.38. The largest absolute Gasteiger partial charge is 0.462 e. The molecule has 3 rings (SSSR count). The smallest absolute Gasteiger partial charge is 0.387 e. The van der Waals surface area contributed by atoms with E-state index >= 15 is 0 Å². The normalized spacial score (nSPS) is 12.3. The van der Waals surface area contributed by atoms with Crippen molar-refractivity contribution < 1.29 is 27.4 Å². The molecule has 3 aromatic rings. The van der Waals surface area contributed by atoms with E-state index < -0.39 is 18.3 Å². The van der Waals surface area contributed by atoms with Crippen LogP contribution in [0.1, 0.15) is 44.7 Å². The Morgan fingerprint density at radius 2 is 1.97 bits per heavy atom. The Bertz CT molecular complexity index is 1050. The van der Waals surface area contributed by atoms with Gasteiger partial charge in [-0.1, -0.05) is 18.5 Å². The summed E-state index contributed by atoms with van der Waals surface area (Å²) in [5.41, 5.74) is 1.22. The van der Waals surface area contributed by atoms with Crippen molar-refractivity contribution in [3.63, 3.8) is 0 Å². The lowest BCUT2D eigenvalue weighted by molar-refractivity contribution is -0.138. The number of pyridine rings is 1. The molecule has 0 saturated heterocycles. The number of ether oxygens (including phenoxy) is 2. The number of carbonyl (C=O) groups is 1. The average molecular weight is 522 g/mol. The third-order valence-corrected chi connectivity index (χ3v) is 4.96. The van der Waals surface area contributed by atoms with E-state index in [-0.39, 0.29) is 21.9 Å². The van der Waals surface area contributed by atoms with Crippen molar-refractivity contribution in [1.82, 2.24) is 9.97 Å². The van der Waals surface area contributed by atoms with Crippen LogP contribution in [0.3, 0.4) is 0 Å². The first-order chi connectivity index (χ1) is 14.4. The number of alkyl halides is 2. The van der Waals surface area contributed by atoms with Crippen LogP contribution >= 0.6 is 27.5 Å². The summed E-state index contributed by atoms with van der Waals surface area (Å²) in [5, 5.41) is 0.540. The number of carbonyl (C=O) groups excluding carboxylic acids is 1. The summed E-state index contributed by atoms with van der Waals surface area (Å²) in [6.07, 6.45) is 3.33. The predicted molar refractivity (Wildman–Crippen MR) is 116 cm³/mol. The Kier molecular flexibility index (Phi) is 8.36. The van der Waals surface area contributed by atoms with Crippen LogP contribution in [-0.4, -0.2) is 28.7 Å². The van der Waals surface area contributed by atoms with E-state index in [4.69, 9.17) is 11.6 Å². The third kappa shape index (κ3) is 6.61. The summed E-state index contributed by atoms with van der Waals surface area (Å²) in [5.74, 6) is -1.34. The molecule has 1 aromatic carbocycles. The zero-order valence-corrected chi connectivity index (χ0v) is 19.5. The predicted octanol–water partition coefficient (Wildman–Crippen LogP) is 6.83. The molecule has 0 amide bonds. The molecule has 0 aliphatic heterocycles. The molecule has 0 aliphatic carbocycles. The van der Waals surface area contributed by atoms with Crippen LogP contribution < -0.4 is 4.74 Å². The number of aromatic nitrogens is 2. The number of fused-ring (bicyclic) bond motifs is 1. The molecule has 0 radical (unpaired) electrons. The second kappa shape index (κ2) is 10.4. The van der Waals surface area contributed by atoms with Gasteiger partial charge in [-0.05, 0) is 60.5 Å². The highest BCUT2D eigenvalue weighted by molar-refractivity contribution is 9.10. The molecule has 10 heteroatoms. The molecule has 31 heavy (non-hydrogen) atoms. The van der Waals surface area contributed by atoms with E-state index in [1.807, 2.05) is 26.8 Å². The van der Waals surface area contributed by atoms with E-state index in [9.17, 15) is 18.0 Å². The second-order valence-corrected chi connectivity index (χ2v) is 8.79. The van der Waals surface area contributed by atoms with Gasteiger partial charge in [0.2, 0.25) is 0 Å². The number of hydrogen-bond acceptors (Lipinski definition) is 4. The van der Waals surface area contributed by atoms with Crippen molar-refractivity contribution in [1.29, 1.82) is 0 Å². The van der Waals surface area contributed by atoms with Gasteiger partial charge in [-0.15, -0.1) is 0 Å². The van der Waals surface area contributed by atoms with Gasteiger partial charge in [0.05, 0.1) is 5.02 Å². The van der Waals surface area contributed by atoms with Gasteiger partial charge in [0.1, 0.15) is 22.8 Å². The number of aromatic amines is 1. The van der Waals surface area contributed by atoms with Crippen molar-refractivity contribution in [2.45, 2.75) is 45.8 Å². The van der Waals surface area contributed by atoms with Gasteiger partial charge in [-0.2, -0.15) is 8.78 Å². The highest BCUT2D eigenvalue weighted by Crippen LogP contribution is 2.41. The van der Waals surface area contributed by atoms with E-state index in [0.29, 0.717) is 12.1 Å². The highest BCUT2D eigenvalue weighted by Gasteiger charge is 2.24. The van der Waals surface area contributed by atoms with Crippen molar-refractivity contribution in [2.75, 3.05) is 0 Å². The number of halogens is 5. The molecule has 1 unspecified atom stereocenters. The monoisotopic (exact) mass is 520 g/mol. The fraction of sp³-hybridized carbons (Fsp3) is 0.333. The average Bonchev–Trinajstić information content (AvgIpc) is 3.06. The number of benzene rings is 1. The number of nitrogens with zero attached hydrogens (tertiary/aromatic N) is 1. The van der Waals surface area contributed by atoms with Crippen LogP contribution in [0.2, 0.25) is 5.02 Å². The molecule has 2 aromatic heterocycles. The van der Waals surface area contributed by atoms with Crippen LogP contribution in [-0.2, 0) is 9.53 Å². The maximum absolute atomic E-state index is 13.9. The van der Waals surface area contributed by atoms with Crippen molar-refractivity contribution in [2.24, 2.45) is 0 Å².